The molecule has 3 rings (SSSR count). The Kier molecular flexibility index (Phi) is 5.20. The Morgan fingerprint density at radius 1 is 0.955 bits per heavy atom. The van der Waals surface area contributed by atoms with Crippen LogP contribution in [0.1, 0.15) is 12.0 Å². The molecule has 0 N–H and O–H groups in total. The summed E-state index contributed by atoms with van der Waals surface area (Å²) in [5.41, 5.74) is 3.63. The standard InChI is InChI=1S/C19H22FNO/c20-18-9-7-17(8-10-18)19-6-2-1-4-16(19)5-3-11-21-12-14-22-15-13-21/h1-2,4,6-10H,3,5,11-15H2. The molecule has 116 valence electrons. The molecule has 0 radical (unpaired) electrons. The normalized spacial score (nSPS) is 15.9. The molecule has 22 heavy (non-hydrogen) atoms. The lowest BCUT2D eigenvalue weighted by Crippen LogP contribution is -2.36. The molecule has 1 heterocycles. The van der Waals surface area contributed by atoms with Crippen LogP contribution < -0.4 is 0 Å². The monoisotopic (exact) mass is 299 g/mol. The minimum Gasteiger partial charge on any atom is -0.379 e. The zero-order valence-electron chi connectivity index (χ0n) is 12.8. The molecular weight excluding hydrogens is 277 g/mol. The topological polar surface area (TPSA) is 12.5 Å². The number of ether oxygens (including phenoxy) is 1. The molecule has 0 spiro atoms. The Morgan fingerprint density at radius 3 is 2.45 bits per heavy atom. The van der Waals surface area contributed by atoms with E-state index in [0.717, 1.165) is 51.3 Å². The highest BCUT2D eigenvalue weighted by Gasteiger charge is 2.10. The lowest BCUT2D eigenvalue weighted by molar-refractivity contribution is 0.0375. The van der Waals surface area contributed by atoms with E-state index in [1.54, 1.807) is 0 Å². The molecule has 1 fully saturated rings. The van der Waals surface area contributed by atoms with Gasteiger partial charge in [-0.3, -0.25) is 4.90 Å². The van der Waals surface area contributed by atoms with Gasteiger partial charge in [-0.2, -0.15) is 0 Å². The molecule has 2 aromatic rings. The summed E-state index contributed by atoms with van der Waals surface area (Å²) < 4.78 is 18.5. The van der Waals surface area contributed by atoms with Crippen LogP contribution in [-0.4, -0.2) is 37.7 Å². The van der Waals surface area contributed by atoms with Gasteiger partial charge in [0.15, 0.2) is 0 Å². The SMILES string of the molecule is Fc1ccc(-c2ccccc2CCCN2CCOCC2)cc1. The van der Waals surface area contributed by atoms with E-state index in [1.807, 2.05) is 18.2 Å². The van der Waals surface area contributed by atoms with Gasteiger partial charge in [0.05, 0.1) is 13.2 Å². The van der Waals surface area contributed by atoms with E-state index in [1.165, 1.54) is 23.3 Å². The van der Waals surface area contributed by atoms with Crippen molar-refractivity contribution < 1.29 is 9.13 Å². The molecule has 0 bridgehead atoms. The number of rotatable bonds is 5. The lowest BCUT2D eigenvalue weighted by atomic mass is 9.96. The van der Waals surface area contributed by atoms with Crippen LogP contribution in [0.15, 0.2) is 48.5 Å². The Labute approximate surface area is 131 Å². The van der Waals surface area contributed by atoms with Gasteiger partial charge in [0.2, 0.25) is 0 Å². The Bertz CT molecular complexity index is 591. The average Bonchev–Trinajstić information content (AvgIpc) is 2.57. The number of hydrogen-bond acceptors (Lipinski definition) is 2. The zero-order valence-corrected chi connectivity index (χ0v) is 12.8. The minimum absolute atomic E-state index is 0.187. The van der Waals surface area contributed by atoms with Gasteiger partial charge in [0.25, 0.3) is 0 Å². The predicted molar refractivity (Wildman–Crippen MR) is 87.4 cm³/mol. The van der Waals surface area contributed by atoms with Gasteiger partial charge in [-0.15, -0.1) is 0 Å². The lowest BCUT2D eigenvalue weighted by Gasteiger charge is -2.26. The summed E-state index contributed by atoms with van der Waals surface area (Å²) in [6.07, 6.45) is 2.18. The molecule has 1 saturated heterocycles. The Morgan fingerprint density at radius 2 is 1.68 bits per heavy atom. The fourth-order valence-corrected chi connectivity index (χ4v) is 2.97. The summed E-state index contributed by atoms with van der Waals surface area (Å²) in [5, 5.41) is 0. The first-order valence-electron chi connectivity index (χ1n) is 7.97. The molecule has 3 heteroatoms. The van der Waals surface area contributed by atoms with Crippen molar-refractivity contribution >= 4 is 0 Å². The van der Waals surface area contributed by atoms with Gasteiger partial charge < -0.3 is 4.74 Å². The Hall–Kier alpha value is -1.71. The maximum atomic E-state index is 13.1. The van der Waals surface area contributed by atoms with Crippen molar-refractivity contribution in [2.45, 2.75) is 12.8 Å². The van der Waals surface area contributed by atoms with Crippen molar-refractivity contribution in [1.29, 1.82) is 0 Å². The fourth-order valence-electron chi connectivity index (χ4n) is 2.97. The molecule has 1 aliphatic heterocycles. The van der Waals surface area contributed by atoms with Crippen molar-refractivity contribution in [2.75, 3.05) is 32.8 Å². The third-order valence-corrected chi connectivity index (χ3v) is 4.20. The first-order valence-corrected chi connectivity index (χ1v) is 7.97. The third-order valence-electron chi connectivity index (χ3n) is 4.20. The van der Waals surface area contributed by atoms with E-state index in [0.29, 0.717) is 0 Å². The molecule has 2 nitrogen and oxygen atoms in total. The summed E-state index contributed by atoms with van der Waals surface area (Å²) in [6.45, 7) is 4.90. The summed E-state index contributed by atoms with van der Waals surface area (Å²) in [7, 11) is 0. The van der Waals surface area contributed by atoms with Gasteiger partial charge in [-0.05, 0) is 48.2 Å². The quantitative estimate of drug-likeness (QED) is 0.833. The highest BCUT2D eigenvalue weighted by atomic mass is 19.1. The highest BCUT2D eigenvalue weighted by molar-refractivity contribution is 5.67. The van der Waals surface area contributed by atoms with E-state index in [9.17, 15) is 4.39 Å². The zero-order chi connectivity index (χ0) is 15.2. The fraction of sp³-hybridized carbons (Fsp3) is 0.368. The molecule has 2 aromatic carbocycles. The van der Waals surface area contributed by atoms with Crippen LogP contribution in [0.5, 0.6) is 0 Å². The smallest absolute Gasteiger partial charge is 0.123 e. The number of benzene rings is 2. The van der Waals surface area contributed by atoms with E-state index < -0.39 is 0 Å². The second kappa shape index (κ2) is 7.52. The molecule has 0 atom stereocenters. The predicted octanol–water partition coefficient (Wildman–Crippen LogP) is 3.76. The molecule has 0 aromatic heterocycles. The highest BCUT2D eigenvalue weighted by Crippen LogP contribution is 2.25. The average molecular weight is 299 g/mol. The molecule has 0 saturated carbocycles. The minimum atomic E-state index is -0.187. The van der Waals surface area contributed by atoms with Gasteiger partial charge in [0.1, 0.15) is 5.82 Å². The van der Waals surface area contributed by atoms with Crippen LogP contribution in [0.2, 0.25) is 0 Å². The maximum absolute atomic E-state index is 13.1. The van der Waals surface area contributed by atoms with Crippen molar-refractivity contribution in [2.24, 2.45) is 0 Å². The second-order valence-corrected chi connectivity index (χ2v) is 5.72. The third kappa shape index (κ3) is 3.93. The molecule has 0 amide bonds. The molecule has 1 aliphatic rings. The largest absolute Gasteiger partial charge is 0.379 e. The van der Waals surface area contributed by atoms with Gasteiger partial charge in [-0.1, -0.05) is 36.4 Å². The van der Waals surface area contributed by atoms with E-state index in [-0.39, 0.29) is 5.82 Å². The first-order chi connectivity index (χ1) is 10.8. The molecule has 0 aliphatic carbocycles. The van der Waals surface area contributed by atoms with Crippen molar-refractivity contribution in [1.82, 2.24) is 4.90 Å². The van der Waals surface area contributed by atoms with Crippen molar-refractivity contribution in [3.8, 4) is 11.1 Å². The number of nitrogens with zero attached hydrogens (tertiary/aromatic N) is 1. The number of morpholine rings is 1. The van der Waals surface area contributed by atoms with Crippen LogP contribution in [0.3, 0.4) is 0 Å². The van der Waals surface area contributed by atoms with Crippen LogP contribution in [0.4, 0.5) is 4.39 Å². The van der Waals surface area contributed by atoms with E-state index >= 15 is 0 Å². The first kappa shape index (κ1) is 15.2. The van der Waals surface area contributed by atoms with Gasteiger partial charge >= 0.3 is 0 Å². The second-order valence-electron chi connectivity index (χ2n) is 5.72. The van der Waals surface area contributed by atoms with Crippen molar-refractivity contribution in [3.63, 3.8) is 0 Å². The summed E-state index contributed by atoms with van der Waals surface area (Å²) in [6, 6.07) is 15.2. The molecule has 0 unspecified atom stereocenters. The number of aryl methyl sites for hydroxylation is 1. The molecular formula is C19H22FNO. The number of halogens is 1. The van der Waals surface area contributed by atoms with Gasteiger partial charge in [-0.25, -0.2) is 4.39 Å². The summed E-state index contributed by atoms with van der Waals surface area (Å²) in [5.74, 6) is -0.187. The van der Waals surface area contributed by atoms with Crippen LogP contribution in [0, 0.1) is 5.82 Å². The van der Waals surface area contributed by atoms with Gasteiger partial charge in [0, 0.05) is 13.1 Å². The van der Waals surface area contributed by atoms with Crippen LogP contribution in [0.25, 0.3) is 11.1 Å². The van der Waals surface area contributed by atoms with E-state index in [4.69, 9.17) is 4.74 Å². The van der Waals surface area contributed by atoms with E-state index in [2.05, 4.69) is 23.1 Å². The number of hydrogen-bond donors (Lipinski definition) is 0. The summed E-state index contributed by atoms with van der Waals surface area (Å²) >= 11 is 0. The van der Waals surface area contributed by atoms with Crippen molar-refractivity contribution in [3.05, 3.63) is 59.9 Å². The van der Waals surface area contributed by atoms with Crippen LogP contribution >= 0.6 is 0 Å². The van der Waals surface area contributed by atoms with Crippen LogP contribution in [-0.2, 0) is 11.2 Å². The maximum Gasteiger partial charge on any atom is 0.123 e. The summed E-state index contributed by atoms with van der Waals surface area (Å²) in [4.78, 5) is 2.46. The Balaban J connectivity index is 1.64.